The van der Waals surface area contributed by atoms with Crippen LogP contribution < -0.4 is 5.32 Å². The van der Waals surface area contributed by atoms with Gasteiger partial charge in [0.25, 0.3) is 0 Å². The summed E-state index contributed by atoms with van der Waals surface area (Å²) in [5.41, 5.74) is 1.17. The summed E-state index contributed by atoms with van der Waals surface area (Å²) >= 11 is 1.77. The molecular formula is C17H21NO2S. The van der Waals surface area contributed by atoms with Crippen LogP contribution in [0.4, 0.5) is 0 Å². The lowest BCUT2D eigenvalue weighted by molar-refractivity contribution is -0.123. The van der Waals surface area contributed by atoms with E-state index in [-0.39, 0.29) is 30.4 Å². The fourth-order valence-corrected chi connectivity index (χ4v) is 5.77. The summed E-state index contributed by atoms with van der Waals surface area (Å²) in [5.74, 6) is 2.46. The van der Waals surface area contributed by atoms with Crippen molar-refractivity contribution in [2.24, 2.45) is 17.8 Å². The molecule has 1 amide bonds. The Morgan fingerprint density at radius 3 is 2.95 bits per heavy atom. The summed E-state index contributed by atoms with van der Waals surface area (Å²) in [5, 5.41) is 12.9. The molecule has 0 aromatic heterocycles. The van der Waals surface area contributed by atoms with Crippen molar-refractivity contribution in [3.05, 3.63) is 29.8 Å². The Balaban J connectivity index is 1.50. The van der Waals surface area contributed by atoms with Crippen molar-refractivity contribution >= 4 is 17.7 Å². The molecule has 0 radical (unpaired) electrons. The summed E-state index contributed by atoms with van der Waals surface area (Å²) in [6.45, 7) is 0.210. The van der Waals surface area contributed by atoms with Gasteiger partial charge in [0.05, 0.1) is 5.92 Å². The average molecular weight is 303 g/mol. The molecule has 2 aliphatic carbocycles. The molecule has 2 bridgehead atoms. The number of aliphatic hydroxyl groups is 1. The smallest absolute Gasteiger partial charge is 0.228 e. The Bertz CT molecular complexity index is 561. The van der Waals surface area contributed by atoms with Gasteiger partial charge >= 0.3 is 0 Å². The van der Waals surface area contributed by atoms with Crippen LogP contribution in [-0.4, -0.2) is 29.4 Å². The maximum absolute atomic E-state index is 12.7. The van der Waals surface area contributed by atoms with Gasteiger partial charge in [0.1, 0.15) is 0 Å². The van der Waals surface area contributed by atoms with E-state index in [1.54, 1.807) is 11.8 Å². The minimum absolute atomic E-state index is 0.0235. The zero-order valence-electron chi connectivity index (χ0n) is 12.0. The molecule has 112 valence electrons. The third kappa shape index (κ3) is 2.20. The first-order chi connectivity index (χ1) is 10.3. The number of nitrogens with one attached hydrogen (secondary N) is 1. The van der Waals surface area contributed by atoms with Crippen LogP contribution >= 0.6 is 11.8 Å². The number of carbonyl (C=O) groups is 1. The molecule has 5 atom stereocenters. The Labute approximate surface area is 129 Å². The number of aliphatic hydroxyl groups excluding tert-OH is 1. The van der Waals surface area contributed by atoms with Gasteiger partial charge in [-0.2, -0.15) is 0 Å². The van der Waals surface area contributed by atoms with Gasteiger partial charge in [-0.3, -0.25) is 4.79 Å². The topological polar surface area (TPSA) is 49.3 Å². The van der Waals surface area contributed by atoms with Gasteiger partial charge in [-0.15, -0.1) is 11.8 Å². The van der Waals surface area contributed by atoms with Gasteiger partial charge in [0, 0.05) is 29.2 Å². The number of benzene rings is 1. The molecule has 4 heteroatoms. The molecule has 21 heavy (non-hydrogen) atoms. The van der Waals surface area contributed by atoms with E-state index >= 15 is 0 Å². The molecule has 1 aromatic carbocycles. The normalized spacial score (nSPS) is 36.7. The molecule has 0 spiro atoms. The standard InChI is InChI=1S/C17H21NO2S/c19-8-13-10-5-6-11(7-10)16(13)18-17(20)14-9-21-15-4-2-1-3-12(14)15/h1-4,10-11,13-14,16,19H,5-9H2,(H,18,20). The number of hydrogen-bond donors (Lipinski definition) is 2. The van der Waals surface area contributed by atoms with Crippen LogP contribution in [0, 0.1) is 17.8 Å². The lowest BCUT2D eigenvalue weighted by Gasteiger charge is -2.31. The van der Waals surface area contributed by atoms with E-state index in [2.05, 4.69) is 17.4 Å². The minimum Gasteiger partial charge on any atom is -0.396 e. The minimum atomic E-state index is -0.0235. The lowest BCUT2D eigenvalue weighted by Crippen LogP contribution is -2.46. The highest BCUT2D eigenvalue weighted by Gasteiger charge is 2.48. The summed E-state index contributed by atoms with van der Waals surface area (Å²) in [6.07, 6.45) is 3.62. The Morgan fingerprint density at radius 1 is 1.29 bits per heavy atom. The van der Waals surface area contributed by atoms with Crippen molar-refractivity contribution in [3.63, 3.8) is 0 Å². The van der Waals surface area contributed by atoms with Gasteiger partial charge < -0.3 is 10.4 Å². The van der Waals surface area contributed by atoms with E-state index < -0.39 is 0 Å². The number of thioether (sulfide) groups is 1. The SMILES string of the molecule is O=C(NC1C2CCC(C2)C1CO)C1CSc2ccccc21. The van der Waals surface area contributed by atoms with E-state index in [1.165, 1.54) is 29.7 Å². The second kappa shape index (κ2) is 5.33. The number of carbonyl (C=O) groups excluding carboxylic acids is 1. The molecule has 1 heterocycles. The summed E-state index contributed by atoms with van der Waals surface area (Å²) in [6, 6.07) is 8.41. The molecule has 1 aliphatic heterocycles. The van der Waals surface area contributed by atoms with Crippen molar-refractivity contribution in [1.29, 1.82) is 0 Å². The fourth-order valence-electron chi connectivity index (χ4n) is 4.54. The third-order valence-electron chi connectivity index (χ3n) is 5.62. The highest BCUT2D eigenvalue weighted by Crippen LogP contribution is 2.48. The average Bonchev–Trinajstić information content (AvgIpc) is 3.20. The summed E-state index contributed by atoms with van der Waals surface area (Å²) in [4.78, 5) is 13.9. The zero-order valence-corrected chi connectivity index (χ0v) is 12.8. The van der Waals surface area contributed by atoms with Crippen LogP contribution in [0.5, 0.6) is 0 Å². The van der Waals surface area contributed by atoms with Gasteiger partial charge in [-0.1, -0.05) is 18.2 Å². The highest BCUT2D eigenvalue weighted by atomic mass is 32.2. The van der Waals surface area contributed by atoms with Gasteiger partial charge in [-0.05, 0) is 42.7 Å². The number of amides is 1. The predicted molar refractivity (Wildman–Crippen MR) is 83.2 cm³/mol. The first-order valence-electron chi connectivity index (χ1n) is 7.91. The first kappa shape index (κ1) is 13.6. The van der Waals surface area contributed by atoms with Gasteiger partial charge in [0.15, 0.2) is 0 Å². The largest absolute Gasteiger partial charge is 0.396 e. The maximum Gasteiger partial charge on any atom is 0.228 e. The molecule has 3 aliphatic rings. The molecule has 3 nitrogen and oxygen atoms in total. The molecule has 1 aromatic rings. The van der Waals surface area contributed by atoms with Crippen LogP contribution in [0.1, 0.15) is 30.7 Å². The number of hydrogen-bond acceptors (Lipinski definition) is 3. The Morgan fingerprint density at radius 2 is 2.10 bits per heavy atom. The van der Waals surface area contributed by atoms with Gasteiger partial charge in [0.2, 0.25) is 5.91 Å². The monoisotopic (exact) mass is 303 g/mol. The summed E-state index contributed by atoms with van der Waals surface area (Å²) < 4.78 is 0. The molecule has 2 N–H and O–H groups in total. The Kier molecular flexibility index (Phi) is 3.46. The zero-order chi connectivity index (χ0) is 14.4. The quantitative estimate of drug-likeness (QED) is 0.901. The predicted octanol–water partition coefficient (Wildman–Crippen LogP) is 2.40. The Hall–Kier alpha value is -1.00. The number of fused-ring (bicyclic) bond motifs is 3. The van der Waals surface area contributed by atoms with Crippen molar-refractivity contribution in [2.75, 3.05) is 12.4 Å². The van der Waals surface area contributed by atoms with E-state index in [1.807, 2.05) is 12.1 Å². The second-order valence-corrected chi connectivity index (χ2v) is 7.68. The van der Waals surface area contributed by atoms with E-state index in [0.717, 1.165) is 5.75 Å². The lowest BCUT2D eigenvalue weighted by atomic mass is 9.84. The molecule has 5 unspecified atom stereocenters. The van der Waals surface area contributed by atoms with Gasteiger partial charge in [-0.25, -0.2) is 0 Å². The van der Waals surface area contributed by atoms with Crippen LogP contribution in [0.2, 0.25) is 0 Å². The van der Waals surface area contributed by atoms with Crippen molar-refractivity contribution in [3.8, 4) is 0 Å². The fraction of sp³-hybridized carbons (Fsp3) is 0.588. The molecule has 2 fully saturated rings. The number of rotatable bonds is 3. The molecule has 0 saturated heterocycles. The first-order valence-corrected chi connectivity index (χ1v) is 8.89. The van der Waals surface area contributed by atoms with Crippen molar-refractivity contribution in [1.82, 2.24) is 5.32 Å². The maximum atomic E-state index is 12.7. The molecule has 4 rings (SSSR count). The van der Waals surface area contributed by atoms with Crippen LogP contribution in [0.3, 0.4) is 0 Å². The molecule has 2 saturated carbocycles. The molecular weight excluding hydrogens is 282 g/mol. The summed E-state index contributed by atoms with van der Waals surface area (Å²) in [7, 11) is 0. The third-order valence-corrected chi connectivity index (χ3v) is 6.81. The van der Waals surface area contributed by atoms with Crippen LogP contribution in [0.15, 0.2) is 29.2 Å². The van der Waals surface area contributed by atoms with Crippen molar-refractivity contribution < 1.29 is 9.90 Å². The second-order valence-electron chi connectivity index (χ2n) is 6.62. The van der Waals surface area contributed by atoms with Crippen LogP contribution in [0.25, 0.3) is 0 Å². The highest BCUT2D eigenvalue weighted by molar-refractivity contribution is 7.99. The van der Waals surface area contributed by atoms with Crippen LogP contribution in [-0.2, 0) is 4.79 Å². The van der Waals surface area contributed by atoms with E-state index in [9.17, 15) is 9.90 Å². The van der Waals surface area contributed by atoms with E-state index in [0.29, 0.717) is 11.8 Å². The van der Waals surface area contributed by atoms with E-state index in [4.69, 9.17) is 0 Å². The van der Waals surface area contributed by atoms with Crippen molar-refractivity contribution in [2.45, 2.75) is 36.1 Å².